The number of hydrogen-bond acceptors (Lipinski definition) is 0. The Bertz CT molecular complexity index is 699. The maximum absolute atomic E-state index is 2.26. The molecule has 2 heteroatoms. The summed E-state index contributed by atoms with van der Waals surface area (Å²) in [7, 11) is 0. The van der Waals surface area contributed by atoms with Crippen LogP contribution in [0.15, 0.2) is 79.0 Å². The third kappa shape index (κ3) is 3.25. The number of fused-ring (bicyclic) bond motifs is 1. The highest BCUT2D eigenvalue weighted by Crippen LogP contribution is 2.08. The molecule has 20 heavy (non-hydrogen) atoms. The number of aromatic nitrogens is 1. The van der Waals surface area contributed by atoms with E-state index in [0.29, 0.717) is 0 Å². The summed E-state index contributed by atoms with van der Waals surface area (Å²) in [4.78, 5) is 0. The number of hydrogen-bond donors (Lipinski definition) is 0. The lowest BCUT2D eigenvalue weighted by Gasteiger charge is -1.98. The summed E-state index contributed by atoms with van der Waals surface area (Å²) >= 11 is 0. The van der Waals surface area contributed by atoms with Crippen LogP contribution in [0.1, 0.15) is 5.56 Å². The van der Waals surface area contributed by atoms with E-state index in [4.69, 9.17) is 0 Å². The van der Waals surface area contributed by atoms with Gasteiger partial charge in [0, 0.05) is 17.5 Å². The van der Waals surface area contributed by atoms with Crippen LogP contribution < -0.4 is 17.0 Å². The molecule has 0 N–H and O–H groups in total. The lowest BCUT2D eigenvalue weighted by Crippen LogP contribution is -3.00. The van der Waals surface area contributed by atoms with Crippen LogP contribution in [0.2, 0.25) is 0 Å². The van der Waals surface area contributed by atoms with E-state index in [1.54, 1.807) is 0 Å². The molecular formula is C18H16ClN. The van der Waals surface area contributed by atoms with Crippen LogP contribution >= 0.6 is 0 Å². The number of para-hydroxylation sites is 1. The molecule has 1 nitrogen and oxygen atoms in total. The van der Waals surface area contributed by atoms with E-state index in [2.05, 4.69) is 83.6 Å². The lowest BCUT2D eigenvalue weighted by molar-refractivity contribution is -0.660. The van der Waals surface area contributed by atoms with Crippen LogP contribution in [0.5, 0.6) is 0 Å². The molecule has 1 heterocycles. The second kappa shape index (κ2) is 6.88. The van der Waals surface area contributed by atoms with Crippen molar-refractivity contribution in [3.63, 3.8) is 0 Å². The summed E-state index contributed by atoms with van der Waals surface area (Å²) in [6.45, 7) is 0.885. The van der Waals surface area contributed by atoms with Crippen molar-refractivity contribution < 1.29 is 17.0 Å². The topological polar surface area (TPSA) is 3.88 Å². The van der Waals surface area contributed by atoms with Gasteiger partial charge in [0.2, 0.25) is 5.52 Å². The zero-order valence-corrected chi connectivity index (χ0v) is 11.9. The maximum atomic E-state index is 2.26. The van der Waals surface area contributed by atoms with Gasteiger partial charge in [0.15, 0.2) is 12.7 Å². The minimum Gasteiger partial charge on any atom is -1.00 e. The van der Waals surface area contributed by atoms with Gasteiger partial charge < -0.3 is 12.4 Å². The van der Waals surface area contributed by atoms with Crippen molar-refractivity contribution in [3.8, 4) is 0 Å². The van der Waals surface area contributed by atoms with Crippen LogP contribution in [-0.2, 0) is 6.54 Å². The quantitative estimate of drug-likeness (QED) is 0.627. The Morgan fingerprint density at radius 3 is 2.35 bits per heavy atom. The predicted molar refractivity (Wildman–Crippen MR) is 79.6 cm³/mol. The van der Waals surface area contributed by atoms with E-state index in [9.17, 15) is 0 Å². The second-order valence-corrected chi connectivity index (χ2v) is 4.53. The molecule has 0 saturated heterocycles. The first-order chi connectivity index (χ1) is 9.43. The Hall–Kier alpha value is -2.12. The van der Waals surface area contributed by atoms with Gasteiger partial charge in [-0.3, -0.25) is 0 Å². The molecule has 0 aliphatic rings. The lowest BCUT2D eigenvalue weighted by atomic mass is 10.2. The highest BCUT2D eigenvalue weighted by Gasteiger charge is 2.04. The highest BCUT2D eigenvalue weighted by atomic mass is 35.5. The van der Waals surface area contributed by atoms with Gasteiger partial charge in [0.05, 0.1) is 0 Å². The predicted octanol–water partition coefficient (Wildman–Crippen LogP) is 0.845. The first-order valence-corrected chi connectivity index (χ1v) is 6.52. The van der Waals surface area contributed by atoms with Gasteiger partial charge >= 0.3 is 0 Å². The van der Waals surface area contributed by atoms with Gasteiger partial charge in [-0.25, -0.2) is 0 Å². The number of allylic oxidation sites excluding steroid dienone is 1. The van der Waals surface area contributed by atoms with Crippen molar-refractivity contribution in [1.29, 1.82) is 0 Å². The summed E-state index contributed by atoms with van der Waals surface area (Å²) < 4.78 is 2.26. The molecule has 0 aliphatic heterocycles. The molecular weight excluding hydrogens is 266 g/mol. The molecule has 0 amide bonds. The second-order valence-electron chi connectivity index (χ2n) is 4.53. The minimum atomic E-state index is 0. The number of benzene rings is 2. The Kier molecular flexibility index (Phi) is 4.91. The monoisotopic (exact) mass is 281 g/mol. The molecule has 0 fully saturated rings. The molecule has 0 radical (unpaired) electrons. The molecule has 1 aromatic heterocycles. The molecule has 2 aromatic carbocycles. The van der Waals surface area contributed by atoms with Gasteiger partial charge in [-0.05, 0) is 23.8 Å². The Balaban J connectivity index is 0.00000147. The molecule has 0 saturated carbocycles. The van der Waals surface area contributed by atoms with E-state index in [1.807, 2.05) is 6.07 Å². The molecule has 0 spiro atoms. The average Bonchev–Trinajstić information content (AvgIpc) is 2.49. The summed E-state index contributed by atoms with van der Waals surface area (Å²) in [6.07, 6.45) is 6.48. The number of pyridine rings is 1. The third-order valence-electron chi connectivity index (χ3n) is 3.20. The van der Waals surface area contributed by atoms with Crippen molar-refractivity contribution in [2.75, 3.05) is 0 Å². The van der Waals surface area contributed by atoms with Crippen LogP contribution in [0.25, 0.3) is 17.0 Å². The van der Waals surface area contributed by atoms with Gasteiger partial charge in [0.1, 0.15) is 0 Å². The van der Waals surface area contributed by atoms with E-state index >= 15 is 0 Å². The van der Waals surface area contributed by atoms with Crippen molar-refractivity contribution >= 4 is 17.0 Å². The number of nitrogens with zero attached hydrogens (tertiary/aromatic N) is 1. The molecule has 3 aromatic rings. The first kappa shape index (κ1) is 14.3. The number of rotatable bonds is 3. The zero-order chi connectivity index (χ0) is 12.9. The van der Waals surface area contributed by atoms with Crippen LogP contribution in [0, 0.1) is 0 Å². The van der Waals surface area contributed by atoms with Gasteiger partial charge in [0.25, 0.3) is 0 Å². The van der Waals surface area contributed by atoms with E-state index in [-0.39, 0.29) is 12.4 Å². The molecule has 0 unspecified atom stereocenters. The van der Waals surface area contributed by atoms with Gasteiger partial charge in [-0.15, -0.1) is 0 Å². The van der Waals surface area contributed by atoms with Crippen molar-refractivity contribution in [1.82, 2.24) is 0 Å². The van der Waals surface area contributed by atoms with E-state index < -0.39 is 0 Å². The molecule has 100 valence electrons. The summed E-state index contributed by atoms with van der Waals surface area (Å²) in [5.74, 6) is 0. The largest absolute Gasteiger partial charge is 1.00 e. The van der Waals surface area contributed by atoms with Crippen LogP contribution in [-0.4, -0.2) is 0 Å². The zero-order valence-electron chi connectivity index (χ0n) is 11.1. The number of halogens is 1. The first-order valence-electron chi connectivity index (χ1n) is 6.52. The normalized spacial score (nSPS) is 10.6. The average molecular weight is 282 g/mol. The van der Waals surface area contributed by atoms with Crippen molar-refractivity contribution in [2.45, 2.75) is 6.54 Å². The van der Waals surface area contributed by atoms with Crippen molar-refractivity contribution in [3.05, 3.63) is 84.6 Å². The maximum Gasteiger partial charge on any atom is 0.212 e. The Morgan fingerprint density at radius 1 is 0.800 bits per heavy atom. The highest BCUT2D eigenvalue weighted by molar-refractivity contribution is 5.74. The van der Waals surface area contributed by atoms with Gasteiger partial charge in [-0.1, -0.05) is 48.5 Å². The summed E-state index contributed by atoms with van der Waals surface area (Å²) in [5, 5.41) is 1.28. The van der Waals surface area contributed by atoms with Crippen molar-refractivity contribution in [2.24, 2.45) is 0 Å². The SMILES string of the molecule is C(=C\c1ccccc1)/C[n+]1cccc2ccccc21.[Cl-]. The molecule has 0 bridgehead atoms. The Morgan fingerprint density at radius 2 is 1.50 bits per heavy atom. The Labute approximate surface area is 125 Å². The molecule has 0 atom stereocenters. The smallest absolute Gasteiger partial charge is 0.212 e. The third-order valence-corrected chi connectivity index (χ3v) is 3.20. The molecule has 0 aliphatic carbocycles. The summed E-state index contributed by atoms with van der Waals surface area (Å²) in [6, 6.07) is 23.1. The van der Waals surface area contributed by atoms with Crippen LogP contribution in [0.4, 0.5) is 0 Å². The summed E-state index contributed by atoms with van der Waals surface area (Å²) in [5.41, 5.74) is 2.51. The van der Waals surface area contributed by atoms with Crippen LogP contribution in [0.3, 0.4) is 0 Å². The van der Waals surface area contributed by atoms with E-state index in [0.717, 1.165) is 6.54 Å². The fraction of sp³-hybridized carbons (Fsp3) is 0.0556. The fourth-order valence-electron chi connectivity index (χ4n) is 2.25. The van der Waals surface area contributed by atoms with Gasteiger partial charge in [-0.2, -0.15) is 4.57 Å². The molecule has 3 rings (SSSR count). The standard InChI is InChI=1S/C18H16N.ClH/c1-2-8-16(9-3-1)10-6-14-19-15-7-12-17-11-4-5-13-18(17)19;/h1-13,15H,14H2;1H/q+1;/p-1/b10-6+;. The van der Waals surface area contributed by atoms with E-state index in [1.165, 1.54) is 16.5 Å². The minimum absolute atomic E-state index is 0. The fourth-order valence-corrected chi connectivity index (χ4v) is 2.25.